The van der Waals surface area contributed by atoms with E-state index < -0.39 is 17.6 Å². The molecular formula is C25H18FN3O3. The zero-order valence-corrected chi connectivity index (χ0v) is 17.1. The number of ether oxygens (including phenoxy) is 1. The Morgan fingerprint density at radius 3 is 2.38 bits per heavy atom. The summed E-state index contributed by atoms with van der Waals surface area (Å²) < 4.78 is 19.0. The fourth-order valence-corrected chi connectivity index (χ4v) is 3.42. The van der Waals surface area contributed by atoms with E-state index >= 15 is 0 Å². The van der Waals surface area contributed by atoms with Crippen LogP contribution in [0.15, 0.2) is 78.5 Å². The molecule has 1 heterocycles. The molecule has 0 fully saturated rings. The zero-order chi connectivity index (χ0) is 22.7. The van der Waals surface area contributed by atoms with Crippen molar-refractivity contribution in [2.45, 2.75) is 6.92 Å². The molecule has 0 aromatic heterocycles. The summed E-state index contributed by atoms with van der Waals surface area (Å²) in [5, 5.41) is 12.1. The fraction of sp³-hybridized carbons (Fsp3) is 0.0800. The van der Waals surface area contributed by atoms with Crippen molar-refractivity contribution >= 4 is 28.8 Å². The van der Waals surface area contributed by atoms with Crippen molar-refractivity contribution < 1.29 is 18.7 Å². The first-order chi connectivity index (χ1) is 15.5. The molecule has 7 heteroatoms. The lowest BCUT2D eigenvalue weighted by molar-refractivity contribution is -0.120. The summed E-state index contributed by atoms with van der Waals surface area (Å²) in [6, 6.07) is 20.5. The van der Waals surface area contributed by atoms with Gasteiger partial charge in [-0.2, -0.15) is 5.26 Å². The van der Waals surface area contributed by atoms with E-state index in [4.69, 9.17) is 10.00 Å². The van der Waals surface area contributed by atoms with Crippen LogP contribution in [0.1, 0.15) is 18.1 Å². The third kappa shape index (κ3) is 3.94. The SMILES string of the molecule is CCOc1cccc(NC2=C(c3ccc(F)cc3)C(=O)N(c3ccc(C#N)cc3)C2=O)c1. The van der Waals surface area contributed by atoms with E-state index in [0.29, 0.717) is 34.9 Å². The van der Waals surface area contributed by atoms with Crippen LogP contribution in [0.3, 0.4) is 0 Å². The lowest BCUT2D eigenvalue weighted by Crippen LogP contribution is -2.32. The second-order valence-corrected chi connectivity index (χ2v) is 6.95. The number of anilines is 2. The molecule has 1 aliphatic rings. The largest absolute Gasteiger partial charge is 0.494 e. The monoisotopic (exact) mass is 427 g/mol. The Hall–Kier alpha value is -4.44. The highest BCUT2D eigenvalue weighted by atomic mass is 19.1. The second kappa shape index (κ2) is 8.74. The number of carbonyl (C=O) groups excluding carboxylic acids is 2. The van der Waals surface area contributed by atoms with Gasteiger partial charge >= 0.3 is 0 Å². The van der Waals surface area contributed by atoms with Gasteiger partial charge < -0.3 is 10.1 Å². The van der Waals surface area contributed by atoms with Gasteiger partial charge in [0.15, 0.2) is 0 Å². The van der Waals surface area contributed by atoms with Gasteiger partial charge in [0.25, 0.3) is 11.8 Å². The van der Waals surface area contributed by atoms with E-state index in [1.165, 1.54) is 48.5 Å². The van der Waals surface area contributed by atoms with Crippen LogP contribution in [-0.2, 0) is 9.59 Å². The lowest BCUT2D eigenvalue weighted by atomic mass is 10.0. The lowest BCUT2D eigenvalue weighted by Gasteiger charge is -2.15. The standard InChI is InChI=1S/C25H18FN3O3/c1-2-32-21-5-3-4-19(14-21)28-23-22(17-8-10-18(26)11-9-17)24(30)29(25(23)31)20-12-6-16(15-27)7-13-20/h3-14,28H,2H2,1H3. The third-order valence-corrected chi connectivity index (χ3v) is 4.89. The number of nitrogens with zero attached hydrogens (tertiary/aromatic N) is 2. The Balaban J connectivity index is 1.78. The van der Waals surface area contributed by atoms with Crippen LogP contribution >= 0.6 is 0 Å². The molecule has 0 aliphatic carbocycles. The molecule has 0 radical (unpaired) electrons. The number of benzene rings is 3. The molecule has 2 amide bonds. The quantitative estimate of drug-likeness (QED) is 0.586. The summed E-state index contributed by atoms with van der Waals surface area (Å²) in [4.78, 5) is 27.7. The highest BCUT2D eigenvalue weighted by molar-refractivity contribution is 6.46. The van der Waals surface area contributed by atoms with Crippen LogP contribution in [0.4, 0.5) is 15.8 Å². The van der Waals surface area contributed by atoms with Crippen LogP contribution in [0, 0.1) is 17.1 Å². The van der Waals surface area contributed by atoms with Gasteiger partial charge in [0.1, 0.15) is 17.3 Å². The Morgan fingerprint density at radius 1 is 1.00 bits per heavy atom. The first-order valence-electron chi connectivity index (χ1n) is 9.91. The highest BCUT2D eigenvalue weighted by Gasteiger charge is 2.40. The van der Waals surface area contributed by atoms with E-state index in [2.05, 4.69) is 5.32 Å². The first kappa shape index (κ1) is 20.8. The molecular weight excluding hydrogens is 409 g/mol. The molecule has 1 N–H and O–H groups in total. The first-order valence-corrected chi connectivity index (χ1v) is 9.91. The average Bonchev–Trinajstić information content (AvgIpc) is 3.04. The Kier molecular flexibility index (Phi) is 5.69. The van der Waals surface area contributed by atoms with Crippen LogP contribution in [0.25, 0.3) is 5.57 Å². The van der Waals surface area contributed by atoms with Crippen molar-refractivity contribution in [3.8, 4) is 11.8 Å². The molecule has 3 aromatic rings. The Labute approximate surface area is 184 Å². The number of halogens is 1. The highest BCUT2D eigenvalue weighted by Crippen LogP contribution is 2.34. The predicted molar refractivity (Wildman–Crippen MR) is 118 cm³/mol. The minimum atomic E-state index is -0.555. The summed E-state index contributed by atoms with van der Waals surface area (Å²) >= 11 is 0. The van der Waals surface area contributed by atoms with Crippen LogP contribution < -0.4 is 15.0 Å². The van der Waals surface area contributed by atoms with Gasteiger partial charge in [-0.3, -0.25) is 9.59 Å². The number of hydrogen-bond acceptors (Lipinski definition) is 5. The van der Waals surface area contributed by atoms with Crippen molar-refractivity contribution in [2.24, 2.45) is 0 Å². The van der Waals surface area contributed by atoms with Crippen molar-refractivity contribution in [2.75, 3.05) is 16.8 Å². The number of imide groups is 1. The van der Waals surface area contributed by atoms with Crippen molar-refractivity contribution in [3.05, 3.63) is 95.4 Å². The van der Waals surface area contributed by atoms with Gasteiger partial charge in [0.2, 0.25) is 0 Å². The van der Waals surface area contributed by atoms with Gasteiger partial charge in [0, 0.05) is 11.8 Å². The number of nitrogens with one attached hydrogen (secondary N) is 1. The molecule has 4 rings (SSSR count). The molecule has 3 aromatic carbocycles. The van der Waals surface area contributed by atoms with E-state index in [-0.39, 0.29) is 11.3 Å². The Bertz CT molecular complexity index is 1260. The predicted octanol–water partition coefficient (Wildman–Crippen LogP) is 4.49. The van der Waals surface area contributed by atoms with Crippen molar-refractivity contribution in [1.82, 2.24) is 0 Å². The molecule has 0 saturated heterocycles. The van der Waals surface area contributed by atoms with Crippen molar-refractivity contribution in [3.63, 3.8) is 0 Å². The maximum absolute atomic E-state index is 13.5. The summed E-state index contributed by atoms with van der Waals surface area (Å²) in [6.45, 7) is 2.35. The molecule has 0 atom stereocenters. The van der Waals surface area contributed by atoms with Crippen molar-refractivity contribution in [1.29, 1.82) is 5.26 Å². The number of rotatable bonds is 6. The van der Waals surface area contributed by atoms with Gasteiger partial charge in [-0.05, 0) is 61.0 Å². The minimum absolute atomic E-state index is 0.0691. The van der Waals surface area contributed by atoms with E-state index in [9.17, 15) is 14.0 Å². The molecule has 6 nitrogen and oxygen atoms in total. The minimum Gasteiger partial charge on any atom is -0.494 e. The summed E-state index contributed by atoms with van der Waals surface area (Å²) in [5.74, 6) is -0.938. The van der Waals surface area contributed by atoms with Gasteiger partial charge in [-0.1, -0.05) is 18.2 Å². The maximum atomic E-state index is 13.5. The van der Waals surface area contributed by atoms with E-state index in [0.717, 1.165) is 4.90 Å². The molecule has 0 bridgehead atoms. The molecule has 158 valence electrons. The summed E-state index contributed by atoms with van der Waals surface area (Å²) in [6.07, 6.45) is 0. The molecule has 0 spiro atoms. The molecule has 0 saturated carbocycles. The number of hydrogen-bond donors (Lipinski definition) is 1. The smallest absolute Gasteiger partial charge is 0.282 e. The van der Waals surface area contributed by atoms with Gasteiger partial charge in [0.05, 0.1) is 29.5 Å². The average molecular weight is 427 g/mol. The third-order valence-electron chi connectivity index (χ3n) is 4.89. The van der Waals surface area contributed by atoms with E-state index in [1.807, 2.05) is 13.0 Å². The molecule has 1 aliphatic heterocycles. The van der Waals surface area contributed by atoms with Crippen LogP contribution in [0.2, 0.25) is 0 Å². The fourth-order valence-electron chi connectivity index (χ4n) is 3.42. The number of carbonyl (C=O) groups is 2. The van der Waals surface area contributed by atoms with Crippen LogP contribution in [0.5, 0.6) is 5.75 Å². The van der Waals surface area contributed by atoms with Gasteiger partial charge in [-0.25, -0.2) is 9.29 Å². The number of amides is 2. The topological polar surface area (TPSA) is 82.4 Å². The zero-order valence-electron chi connectivity index (χ0n) is 17.1. The van der Waals surface area contributed by atoms with Gasteiger partial charge in [-0.15, -0.1) is 0 Å². The Morgan fingerprint density at radius 2 is 1.72 bits per heavy atom. The normalized spacial score (nSPS) is 13.3. The van der Waals surface area contributed by atoms with E-state index in [1.54, 1.807) is 24.3 Å². The molecule has 0 unspecified atom stereocenters. The number of nitriles is 1. The maximum Gasteiger partial charge on any atom is 0.282 e. The molecule has 32 heavy (non-hydrogen) atoms. The second-order valence-electron chi connectivity index (χ2n) is 6.95. The summed E-state index contributed by atoms with van der Waals surface area (Å²) in [5.41, 5.74) is 1.91. The summed E-state index contributed by atoms with van der Waals surface area (Å²) in [7, 11) is 0. The van der Waals surface area contributed by atoms with Crippen LogP contribution in [-0.4, -0.2) is 18.4 Å².